The van der Waals surface area contributed by atoms with Crippen molar-refractivity contribution in [2.45, 2.75) is 12.8 Å². The van der Waals surface area contributed by atoms with Gasteiger partial charge in [0.15, 0.2) is 17.3 Å². The molecule has 0 saturated heterocycles. The fraction of sp³-hybridized carbons (Fsp3) is 0.118. The van der Waals surface area contributed by atoms with E-state index in [9.17, 15) is 8.78 Å². The number of furan rings is 1. The van der Waals surface area contributed by atoms with Crippen LogP contribution in [0.4, 0.5) is 14.6 Å². The van der Waals surface area contributed by atoms with Gasteiger partial charge in [0, 0.05) is 23.2 Å². The summed E-state index contributed by atoms with van der Waals surface area (Å²) >= 11 is 1.47. The second kappa shape index (κ2) is 6.21. The number of hydrogen-bond acceptors (Lipinski definition) is 6. The molecule has 0 bridgehead atoms. The maximum absolute atomic E-state index is 12.7. The van der Waals surface area contributed by atoms with Crippen LogP contribution in [0.2, 0.25) is 0 Å². The molecule has 8 heteroatoms. The summed E-state index contributed by atoms with van der Waals surface area (Å²) in [4.78, 5) is 14.6. The Morgan fingerprint density at radius 2 is 2.04 bits per heavy atom. The highest BCUT2D eigenvalue weighted by Gasteiger charge is 2.17. The number of alkyl halides is 2. The largest absolute Gasteiger partial charge is 0.452 e. The van der Waals surface area contributed by atoms with Gasteiger partial charge in [0.05, 0.1) is 5.39 Å². The molecule has 0 fully saturated rings. The standard InChI is InChI=1S/C17H12F2N4OS/c18-14(19)12-4-5-13(24-12)16-22-15(20)11-8-10(25-17(11)23-16)7-9-3-1-2-6-21-9/h1-6,8,14H,7H2,(H2,20,22,23). The molecule has 0 aliphatic rings. The lowest BCUT2D eigenvalue weighted by Gasteiger charge is -1.99. The van der Waals surface area contributed by atoms with E-state index in [1.54, 1.807) is 6.20 Å². The van der Waals surface area contributed by atoms with Crippen molar-refractivity contribution in [2.75, 3.05) is 5.73 Å². The molecular weight excluding hydrogens is 346 g/mol. The molecule has 0 atom stereocenters. The lowest BCUT2D eigenvalue weighted by Crippen LogP contribution is -1.95. The summed E-state index contributed by atoms with van der Waals surface area (Å²) in [6.07, 6.45) is -0.277. The monoisotopic (exact) mass is 358 g/mol. The summed E-state index contributed by atoms with van der Waals surface area (Å²) < 4.78 is 30.5. The number of halogens is 2. The van der Waals surface area contributed by atoms with Crippen molar-refractivity contribution < 1.29 is 13.2 Å². The van der Waals surface area contributed by atoms with Crippen LogP contribution >= 0.6 is 11.3 Å². The van der Waals surface area contributed by atoms with Gasteiger partial charge in [-0.25, -0.2) is 18.7 Å². The molecule has 0 unspecified atom stereocenters. The van der Waals surface area contributed by atoms with E-state index in [4.69, 9.17) is 10.2 Å². The van der Waals surface area contributed by atoms with Gasteiger partial charge in [-0.05, 0) is 30.3 Å². The summed E-state index contributed by atoms with van der Waals surface area (Å²) in [6.45, 7) is 0. The average Bonchev–Trinajstić information content (AvgIpc) is 3.22. The van der Waals surface area contributed by atoms with E-state index in [1.165, 1.54) is 23.5 Å². The van der Waals surface area contributed by atoms with Crippen LogP contribution in [0.1, 0.15) is 22.8 Å². The lowest BCUT2D eigenvalue weighted by atomic mass is 10.2. The second-order valence-corrected chi connectivity index (χ2v) is 6.48. The summed E-state index contributed by atoms with van der Waals surface area (Å²) in [7, 11) is 0. The first kappa shape index (κ1) is 15.6. The fourth-order valence-corrected chi connectivity index (χ4v) is 3.51. The first-order valence-corrected chi connectivity index (χ1v) is 8.26. The van der Waals surface area contributed by atoms with Gasteiger partial charge in [-0.3, -0.25) is 4.98 Å². The van der Waals surface area contributed by atoms with Crippen LogP contribution in [0.3, 0.4) is 0 Å². The maximum atomic E-state index is 12.7. The molecule has 0 saturated carbocycles. The highest BCUT2D eigenvalue weighted by molar-refractivity contribution is 7.18. The molecule has 4 aromatic rings. The van der Waals surface area contributed by atoms with Crippen LogP contribution in [0.25, 0.3) is 21.8 Å². The van der Waals surface area contributed by atoms with Crippen LogP contribution in [-0.4, -0.2) is 15.0 Å². The summed E-state index contributed by atoms with van der Waals surface area (Å²) in [6, 6.07) is 10.3. The first-order valence-electron chi connectivity index (χ1n) is 7.44. The number of anilines is 1. The Bertz CT molecular complexity index is 1030. The van der Waals surface area contributed by atoms with Crippen molar-refractivity contribution >= 4 is 27.4 Å². The van der Waals surface area contributed by atoms with Crippen LogP contribution in [0.5, 0.6) is 0 Å². The van der Waals surface area contributed by atoms with Gasteiger partial charge in [0.1, 0.15) is 10.6 Å². The smallest absolute Gasteiger partial charge is 0.295 e. The summed E-state index contributed by atoms with van der Waals surface area (Å²) in [5.41, 5.74) is 6.96. The zero-order valence-corrected chi connectivity index (χ0v) is 13.6. The molecule has 5 nitrogen and oxygen atoms in total. The predicted octanol–water partition coefficient (Wildman–Crippen LogP) is 4.46. The molecule has 0 aromatic carbocycles. The fourth-order valence-electron chi connectivity index (χ4n) is 2.46. The Morgan fingerprint density at radius 3 is 2.76 bits per heavy atom. The lowest BCUT2D eigenvalue weighted by molar-refractivity contribution is 0.122. The Kier molecular flexibility index (Phi) is 3.89. The molecule has 126 valence electrons. The molecule has 4 rings (SSSR count). The zero-order chi connectivity index (χ0) is 17.4. The van der Waals surface area contributed by atoms with Crippen LogP contribution in [-0.2, 0) is 6.42 Å². The van der Waals surface area contributed by atoms with Gasteiger partial charge in [0.25, 0.3) is 6.43 Å². The summed E-state index contributed by atoms with van der Waals surface area (Å²) in [5.74, 6) is 0.240. The number of thiophene rings is 1. The van der Waals surface area contributed by atoms with Gasteiger partial charge in [-0.1, -0.05) is 6.07 Å². The number of nitrogen functional groups attached to an aromatic ring is 1. The third-order valence-corrected chi connectivity index (χ3v) is 4.65. The van der Waals surface area contributed by atoms with Crippen LogP contribution in [0, 0.1) is 0 Å². The molecule has 0 radical (unpaired) electrons. The number of nitrogens with zero attached hydrogens (tertiary/aromatic N) is 3. The number of pyridine rings is 1. The van der Waals surface area contributed by atoms with E-state index < -0.39 is 12.2 Å². The van der Waals surface area contributed by atoms with Crippen LogP contribution < -0.4 is 5.73 Å². The van der Waals surface area contributed by atoms with Gasteiger partial charge in [-0.15, -0.1) is 11.3 Å². The molecule has 4 heterocycles. The Balaban J connectivity index is 1.71. The number of hydrogen-bond donors (Lipinski definition) is 1. The predicted molar refractivity (Wildman–Crippen MR) is 91.5 cm³/mol. The Hall–Kier alpha value is -2.87. The number of aromatic nitrogens is 3. The molecule has 4 aromatic heterocycles. The van der Waals surface area contributed by atoms with Crippen molar-refractivity contribution in [3.63, 3.8) is 0 Å². The normalized spacial score (nSPS) is 11.5. The Morgan fingerprint density at radius 1 is 1.16 bits per heavy atom. The first-order chi connectivity index (χ1) is 12.1. The minimum Gasteiger partial charge on any atom is -0.452 e. The molecule has 25 heavy (non-hydrogen) atoms. The van der Waals surface area contributed by atoms with E-state index in [2.05, 4.69) is 15.0 Å². The van der Waals surface area contributed by atoms with Crippen molar-refractivity contribution in [1.82, 2.24) is 15.0 Å². The minimum absolute atomic E-state index is 0.170. The van der Waals surface area contributed by atoms with Gasteiger partial charge in [-0.2, -0.15) is 0 Å². The van der Waals surface area contributed by atoms with E-state index in [0.717, 1.165) is 16.0 Å². The number of rotatable bonds is 4. The van der Waals surface area contributed by atoms with Crippen molar-refractivity contribution in [1.29, 1.82) is 0 Å². The third-order valence-electron chi connectivity index (χ3n) is 3.62. The van der Waals surface area contributed by atoms with Gasteiger partial charge in [0.2, 0.25) is 0 Å². The second-order valence-electron chi connectivity index (χ2n) is 5.36. The van der Waals surface area contributed by atoms with E-state index in [-0.39, 0.29) is 11.6 Å². The van der Waals surface area contributed by atoms with Crippen molar-refractivity contribution in [2.24, 2.45) is 0 Å². The van der Waals surface area contributed by atoms with Gasteiger partial charge < -0.3 is 10.2 Å². The van der Waals surface area contributed by atoms with E-state index in [0.29, 0.717) is 17.1 Å². The van der Waals surface area contributed by atoms with Crippen molar-refractivity contribution in [3.05, 3.63) is 58.9 Å². The quantitative estimate of drug-likeness (QED) is 0.583. The third kappa shape index (κ3) is 3.08. The number of fused-ring (bicyclic) bond motifs is 1. The zero-order valence-electron chi connectivity index (χ0n) is 12.8. The summed E-state index contributed by atoms with van der Waals surface area (Å²) in [5, 5.41) is 0.736. The highest BCUT2D eigenvalue weighted by atomic mass is 32.1. The van der Waals surface area contributed by atoms with Crippen LogP contribution in [0.15, 0.2) is 47.0 Å². The van der Waals surface area contributed by atoms with Crippen molar-refractivity contribution in [3.8, 4) is 11.6 Å². The minimum atomic E-state index is -2.68. The van der Waals surface area contributed by atoms with E-state index in [1.807, 2.05) is 24.3 Å². The molecule has 0 aliphatic carbocycles. The van der Waals surface area contributed by atoms with Gasteiger partial charge >= 0.3 is 0 Å². The molecule has 0 amide bonds. The Labute approximate surface area is 145 Å². The van der Waals surface area contributed by atoms with E-state index >= 15 is 0 Å². The molecule has 2 N–H and O–H groups in total. The SMILES string of the molecule is Nc1nc(-c2ccc(C(F)F)o2)nc2sc(Cc3ccccn3)cc12. The average molecular weight is 358 g/mol. The molecule has 0 aliphatic heterocycles. The topological polar surface area (TPSA) is 77.8 Å². The number of nitrogens with two attached hydrogens (primary N) is 1. The molecular formula is C17H12F2N4OS. The maximum Gasteiger partial charge on any atom is 0.295 e. The molecule has 0 spiro atoms. The highest BCUT2D eigenvalue weighted by Crippen LogP contribution is 2.32.